The highest BCUT2D eigenvalue weighted by atomic mass is 79.9. The molecule has 0 amide bonds. The maximum Gasteiger partial charge on any atom is 0.169 e. The summed E-state index contributed by atoms with van der Waals surface area (Å²) in [4.78, 5) is 11.8. The average Bonchev–Trinajstić information content (AvgIpc) is 2.88. The number of benzene rings is 1. The zero-order valence-electron chi connectivity index (χ0n) is 8.06. The summed E-state index contributed by atoms with van der Waals surface area (Å²) >= 11 is 8.94. The molecule has 4 heteroatoms. The van der Waals surface area contributed by atoms with Crippen LogP contribution in [0.5, 0.6) is 0 Å². The Morgan fingerprint density at radius 2 is 2.20 bits per heavy atom. The number of hydrogen-bond acceptors (Lipinski definition) is 1. The molecule has 1 aliphatic carbocycles. The van der Waals surface area contributed by atoms with Crippen LogP contribution in [0.25, 0.3) is 0 Å². The van der Waals surface area contributed by atoms with Crippen molar-refractivity contribution in [3.8, 4) is 0 Å². The number of Topliss-reactive ketones (excluding diaryl/α,β-unsaturated/α-hetero) is 1. The van der Waals surface area contributed by atoms with Gasteiger partial charge in [0.1, 0.15) is 5.82 Å². The lowest BCUT2D eigenvalue weighted by atomic mass is 10.1. The van der Waals surface area contributed by atoms with E-state index in [4.69, 9.17) is 11.6 Å². The molecule has 1 saturated carbocycles. The summed E-state index contributed by atoms with van der Waals surface area (Å²) in [5.74, 6) is -0.277. The van der Waals surface area contributed by atoms with Crippen molar-refractivity contribution in [3.63, 3.8) is 0 Å². The first-order valence-electron chi connectivity index (χ1n) is 4.69. The quantitative estimate of drug-likeness (QED) is 0.593. The fourth-order valence-electron chi connectivity index (χ4n) is 1.60. The van der Waals surface area contributed by atoms with Gasteiger partial charge in [-0.2, -0.15) is 0 Å². The Morgan fingerprint density at radius 1 is 1.60 bits per heavy atom. The molecule has 15 heavy (non-hydrogen) atoms. The largest absolute Gasteiger partial charge is 0.294 e. The normalized spacial score (nSPS) is 24.0. The molecule has 0 N–H and O–H groups in total. The summed E-state index contributed by atoms with van der Waals surface area (Å²) in [6, 6.07) is 2.64. The molecule has 0 spiro atoms. The molecule has 1 aliphatic rings. The molecule has 1 fully saturated rings. The van der Waals surface area contributed by atoms with Crippen LogP contribution < -0.4 is 0 Å². The third kappa shape index (κ3) is 2.08. The summed E-state index contributed by atoms with van der Waals surface area (Å²) in [6.07, 6.45) is 0.853. The number of ketones is 1. The van der Waals surface area contributed by atoms with E-state index in [1.807, 2.05) is 6.92 Å². The Balaban J connectivity index is 2.36. The molecule has 0 aliphatic heterocycles. The van der Waals surface area contributed by atoms with Crippen LogP contribution in [0.3, 0.4) is 0 Å². The van der Waals surface area contributed by atoms with E-state index in [1.165, 1.54) is 12.1 Å². The molecule has 1 aromatic carbocycles. The summed E-state index contributed by atoms with van der Waals surface area (Å²) < 4.78 is 14.0. The molecule has 0 saturated heterocycles. The third-order valence-corrected chi connectivity index (χ3v) is 3.92. The Labute approximate surface area is 101 Å². The molecular weight excluding hydrogens is 282 g/mol. The van der Waals surface area contributed by atoms with Crippen molar-refractivity contribution in [2.45, 2.75) is 13.3 Å². The van der Waals surface area contributed by atoms with Gasteiger partial charge in [0.2, 0.25) is 0 Å². The van der Waals surface area contributed by atoms with Crippen LogP contribution in [0.15, 0.2) is 16.6 Å². The average molecular weight is 292 g/mol. The maximum atomic E-state index is 13.5. The lowest BCUT2D eigenvalue weighted by Gasteiger charge is -2.03. The van der Waals surface area contributed by atoms with Gasteiger partial charge in [-0.3, -0.25) is 4.79 Å². The number of carbonyl (C=O) groups excluding carboxylic acids is 1. The number of carbonyl (C=O) groups is 1. The zero-order chi connectivity index (χ0) is 11.2. The van der Waals surface area contributed by atoms with Crippen LogP contribution in [0.4, 0.5) is 4.39 Å². The minimum Gasteiger partial charge on any atom is -0.294 e. The maximum absolute atomic E-state index is 13.5. The highest BCUT2D eigenvalue weighted by Crippen LogP contribution is 2.41. The van der Waals surface area contributed by atoms with E-state index in [0.717, 1.165) is 6.42 Å². The molecule has 2 unspecified atom stereocenters. The van der Waals surface area contributed by atoms with E-state index in [0.29, 0.717) is 15.4 Å². The van der Waals surface area contributed by atoms with Gasteiger partial charge >= 0.3 is 0 Å². The molecule has 1 nitrogen and oxygen atoms in total. The van der Waals surface area contributed by atoms with Crippen LogP contribution in [0.2, 0.25) is 5.02 Å². The van der Waals surface area contributed by atoms with Crippen molar-refractivity contribution in [1.29, 1.82) is 0 Å². The van der Waals surface area contributed by atoms with Gasteiger partial charge in [-0.15, -0.1) is 0 Å². The van der Waals surface area contributed by atoms with Gasteiger partial charge in [0.15, 0.2) is 5.78 Å². The summed E-state index contributed by atoms with van der Waals surface area (Å²) in [5, 5.41) is 0.369. The van der Waals surface area contributed by atoms with Crippen LogP contribution in [-0.4, -0.2) is 5.78 Å². The predicted octanol–water partition coefficient (Wildman–Crippen LogP) is 4.08. The monoisotopic (exact) mass is 290 g/mol. The molecule has 0 aromatic heterocycles. The zero-order valence-corrected chi connectivity index (χ0v) is 10.4. The summed E-state index contributed by atoms with van der Waals surface area (Å²) in [6.45, 7) is 1.99. The highest BCUT2D eigenvalue weighted by molar-refractivity contribution is 9.10. The number of hydrogen-bond donors (Lipinski definition) is 0. The molecule has 0 heterocycles. The smallest absolute Gasteiger partial charge is 0.169 e. The van der Waals surface area contributed by atoms with E-state index in [-0.39, 0.29) is 17.3 Å². The molecule has 0 radical (unpaired) electrons. The summed E-state index contributed by atoms with van der Waals surface area (Å²) in [7, 11) is 0. The van der Waals surface area contributed by atoms with Crippen molar-refractivity contribution < 1.29 is 9.18 Å². The van der Waals surface area contributed by atoms with Crippen molar-refractivity contribution in [1.82, 2.24) is 0 Å². The third-order valence-electron chi connectivity index (χ3n) is 2.72. The Morgan fingerprint density at radius 3 is 2.73 bits per heavy atom. The first-order valence-corrected chi connectivity index (χ1v) is 5.86. The Hall–Kier alpha value is -0.410. The topological polar surface area (TPSA) is 17.1 Å². The minimum atomic E-state index is -0.504. The highest BCUT2D eigenvalue weighted by Gasteiger charge is 2.40. The summed E-state index contributed by atoms with van der Waals surface area (Å²) in [5.41, 5.74) is 0.109. The second kappa shape index (κ2) is 3.87. The van der Waals surface area contributed by atoms with Crippen LogP contribution in [0, 0.1) is 17.7 Å². The fraction of sp³-hybridized carbons (Fsp3) is 0.364. The van der Waals surface area contributed by atoms with Gasteiger partial charge in [-0.05, 0) is 40.4 Å². The minimum absolute atomic E-state index is 0.0169. The van der Waals surface area contributed by atoms with Gasteiger partial charge in [0.25, 0.3) is 0 Å². The van der Waals surface area contributed by atoms with E-state index < -0.39 is 5.82 Å². The molecule has 2 atom stereocenters. The molecule has 80 valence electrons. The van der Waals surface area contributed by atoms with E-state index in [1.54, 1.807) is 0 Å². The SMILES string of the molecule is CC1CC1C(=O)c1cc(Cl)c(Br)cc1F. The van der Waals surface area contributed by atoms with Crippen LogP contribution in [0.1, 0.15) is 23.7 Å². The lowest BCUT2D eigenvalue weighted by molar-refractivity contribution is 0.0958. The van der Waals surface area contributed by atoms with Crippen molar-refractivity contribution in [2.24, 2.45) is 11.8 Å². The van der Waals surface area contributed by atoms with Crippen molar-refractivity contribution in [2.75, 3.05) is 0 Å². The number of halogens is 3. The molecule has 1 aromatic rings. The standard InChI is InChI=1S/C11H9BrClFO/c1-5-2-6(5)11(15)7-3-9(13)8(12)4-10(7)14/h3-6H,2H2,1H3. The van der Waals surface area contributed by atoms with Gasteiger partial charge in [-0.1, -0.05) is 18.5 Å². The van der Waals surface area contributed by atoms with Gasteiger partial charge in [0.05, 0.1) is 10.6 Å². The lowest BCUT2D eigenvalue weighted by Crippen LogP contribution is -2.06. The Kier molecular flexibility index (Phi) is 2.86. The van der Waals surface area contributed by atoms with Crippen molar-refractivity contribution >= 4 is 33.3 Å². The second-order valence-corrected chi connectivity index (χ2v) is 5.19. The van der Waals surface area contributed by atoms with E-state index in [9.17, 15) is 9.18 Å². The van der Waals surface area contributed by atoms with Gasteiger partial charge < -0.3 is 0 Å². The van der Waals surface area contributed by atoms with E-state index in [2.05, 4.69) is 15.9 Å². The van der Waals surface area contributed by atoms with Gasteiger partial charge in [-0.25, -0.2) is 4.39 Å². The molecular formula is C11H9BrClFO. The van der Waals surface area contributed by atoms with Crippen molar-refractivity contribution in [3.05, 3.63) is 33.0 Å². The van der Waals surface area contributed by atoms with E-state index >= 15 is 0 Å². The Bertz CT molecular complexity index is 433. The van der Waals surface area contributed by atoms with Crippen LogP contribution in [-0.2, 0) is 0 Å². The van der Waals surface area contributed by atoms with Gasteiger partial charge in [0, 0.05) is 10.4 Å². The first-order chi connectivity index (χ1) is 7.00. The predicted molar refractivity (Wildman–Crippen MR) is 60.7 cm³/mol. The molecule has 0 bridgehead atoms. The number of rotatable bonds is 2. The fourth-order valence-corrected chi connectivity index (χ4v) is 2.08. The second-order valence-electron chi connectivity index (χ2n) is 3.93. The first kappa shape index (κ1) is 11.1. The molecule has 2 rings (SSSR count). The van der Waals surface area contributed by atoms with Crippen LogP contribution >= 0.6 is 27.5 Å².